The molecule has 432 valence electrons. The Bertz CT molecular complexity index is 2110. The van der Waals surface area contributed by atoms with Crippen LogP contribution < -0.4 is 29.6 Å². The normalized spacial score (nSPS) is 41.5. The van der Waals surface area contributed by atoms with Gasteiger partial charge in [-0.1, -0.05) is 69.9 Å². The molecule has 0 unspecified atom stereocenters. The van der Waals surface area contributed by atoms with Crippen LogP contribution in [-0.2, 0) is 24.0 Å². The number of hydrogen-bond acceptors (Lipinski definition) is 10. The minimum absolute atomic E-state index is 0. The maximum atomic E-state index is 13.2. The van der Waals surface area contributed by atoms with Crippen LogP contribution >= 0.6 is 25.5 Å². The molecular weight excluding hydrogens is 1050 g/mol. The fourth-order valence-electron chi connectivity index (χ4n) is 17.6. The van der Waals surface area contributed by atoms with E-state index in [9.17, 15) is 54.6 Å². The van der Waals surface area contributed by atoms with Crippen LogP contribution in [0.5, 0.6) is 0 Å². The predicted octanol–water partition coefficient (Wildman–Crippen LogP) is 11.7. The van der Waals surface area contributed by atoms with E-state index in [1.165, 1.54) is 24.0 Å². The average Bonchev–Trinajstić information content (AvgIpc) is 3.81. The van der Waals surface area contributed by atoms with Gasteiger partial charge in [0.1, 0.15) is 0 Å². The Morgan fingerprint density at radius 3 is 1.43 bits per heavy atom. The van der Waals surface area contributed by atoms with Gasteiger partial charge in [0.05, 0.1) is 11.2 Å². The smallest absolute Gasteiger partial charge is 0.390 e. The molecule has 20 heteroatoms. The Labute approximate surface area is 478 Å². The zero-order valence-corrected chi connectivity index (χ0v) is 51.6. The van der Waals surface area contributed by atoms with Crippen molar-refractivity contribution in [2.24, 2.45) is 80.8 Å². The number of halogens is 6. The Kier molecular flexibility index (Phi) is 22.0. The van der Waals surface area contributed by atoms with Crippen molar-refractivity contribution in [3.8, 4) is 0 Å². The summed E-state index contributed by atoms with van der Waals surface area (Å²) in [6, 6.07) is 0. The van der Waals surface area contributed by atoms with E-state index in [-0.39, 0.29) is 89.4 Å². The summed E-state index contributed by atoms with van der Waals surface area (Å²) >= 11 is 0.929. The number of rotatable bonds is 12. The van der Waals surface area contributed by atoms with E-state index in [0.29, 0.717) is 73.0 Å². The SMILES string of the molecule is CSOOO.C[C@H](CC[C@](C)(O)C(F)(F)F)[C@H]1CC[C@H]2[C@@H]3CC=C4C[C@@](C)(O)CC[C@]4(C)[C@H]3CC[C@]12C.C[C@H](CC[C@](C)(O)C(F)(F)F)[C@H]1CC[C@H]2[C@@H]3CC=C4C[C@@](C)(OS(=O)(=O)O)CC[C@]4(C)[C@H]3CC[C@]12C.S.[Na+]. The fraction of sp³-hybridized carbons (Fsp3) is 0.927. The van der Waals surface area contributed by atoms with Crippen molar-refractivity contribution in [2.75, 3.05) is 6.26 Å². The van der Waals surface area contributed by atoms with Crippen LogP contribution in [0.4, 0.5) is 26.3 Å². The van der Waals surface area contributed by atoms with Crippen LogP contribution in [0.3, 0.4) is 0 Å². The van der Waals surface area contributed by atoms with E-state index in [0.717, 1.165) is 103 Å². The molecule has 8 aliphatic carbocycles. The molecule has 0 aromatic rings. The van der Waals surface area contributed by atoms with Gasteiger partial charge in [-0.15, -0.1) is 4.33 Å². The summed E-state index contributed by atoms with van der Waals surface area (Å²) in [7, 11) is -4.53. The average molecular weight is 1150 g/mol. The van der Waals surface area contributed by atoms with E-state index in [1.54, 1.807) is 13.2 Å². The van der Waals surface area contributed by atoms with Crippen LogP contribution in [0.25, 0.3) is 0 Å². The van der Waals surface area contributed by atoms with Gasteiger partial charge >= 0.3 is 52.3 Å². The first-order valence-corrected chi connectivity index (χ1v) is 29.7. The van der Waals surface area contributed by atoms with Crippen LogP contribution in [0.1, 0.15) is 198 Å². The maximum Gasteiger partial charge on any atom is 1.00 e. The van der Waals surface area contributed by atoms with Gasteiger partial charge in [0, 0.05) is 18.3 Å². The zero-order chi connectivity index (χ0) is 54.8. The van der Waals surface area contributed by atoms with E-state index in [2.05, 4.69) is 63.1 Å². The molecule has 0 amide bonds. The summed E-state index contributed by atoms with van der Waals surface area (Å²) in [5.41, 5.74) is -3.60. The van der Waals surface area contributed by atoms with Crippen molar-refractivity contribution < 1.29 is 103 Å². The fourth-order valence-corrected chi connectivity index (χ4v) is 18.3. The first-order valence-electron chi connectivity index (χ1n) is 27.2. The van der Waals surface area contributed by atoms with Crippen LogP contribution in [-0.4, -0.2) is 74.6 Å². The number of aliphatic hydroxyl groups is 3. The molecule has 6 fully saturated rings. The quantitative estimate of drug-likeness (QED) is 0.0240. The summed E-state index contributed by atoms with van der Waals surface area (Å²) in [6.07, 6.45) is 12.9. The third-order valence-corrected chi connectivity index (χ3v) is 22.9. The van der Waals surface area contributed by atoms with Crippen LogP contribution in [0.15, 0.2) is 23.3 Å². The Hall–Kier alpha value is 0.390. The molecular formula is C55H92F6NaO10S3+. The van der Waals surface area contributed by atoms with E-state index < -0.39 is 45.2 Å². The van der Waals surface area contributed by atoms with Gasteiger partial charge in [0.25, 0.3) is 0 Å². The van der Waals surface area contributed by atoms with Crippen LogP contribution in [0, 0.1) is 80.8 Å². The molecule has 6 saturated carbocycles. The van der Waals surface area contributed by atoms with Crippen molar-refractivity contribution in [3.05, 3.63) is 23.3 Å². The number of allylic oxidation sites excluding steroid dienone is 2. The molecule has 0 aliphatic heterocycles. The third-order valence-electron chi connectivity index (χ3n) is 22.1. The summed E-state index contributed by atoms with van der Waals surface area (Å²) in [4.78, 5) is 0. The van der Waals surface area contributed by atoms with Gasteiger partial charge in [-0.3, -0.25) is 4.55 Å². The molecule has 0 spiro atoms. The standard InChI is InChI=1S/C27H43F3O5S.C27H43F3O2.CH4O3S.Na.H2S/c1-17(10-13-26(5,31)27(28,29)30)20-8-9-21-19-7-6-18-16-23(2,35-36(32,33)34)14-15-24(18,3)22(19)11-12-25(20,21)4;1-17(10-13-26(5,32)27(28,29)30)20-8-9-21-19-7-6-18-16-23(2,31)14-15-24(18,3)22(19)11-12-25(20,21)4;1-5-4-3-2;;/h6,17,19-22,31H,7-16H2,1-5H3,(H,32,33,34);6,17,19-22,31-32H,7-16H2,1-5H3;2H,1H3;;1H2/q;;;+1;/t2*17-,19+,20-,21+,22+,23+,24+,25-,26+;;;/m11.../s1. The Morgan fingerprint density at radius 2 is 1.07 bits per heavy atom. The van der Waals surface area contributed by atoms with Crippen molar-refractivity contribution in [2.45, 2.75) is 232 Å². The van der Waals surface area contributed by atoms with Gasteiger partial charge in [0.15, 0.2) is 11.2 Å². The number of hydrogen-bond donors (Lipinski definition) is 5. The van der Waals surface area contributed by atoms with E-state index in [1.807, 2.05) is 6.92 Å². The predicted molar refractivity (Wildman–Crippen MR) is 281 cm³/mol. The minimum atomic E-state index is -4.61. The molecule has 0 aromatic heterocycles. The Morgan fingerprint density at radius 1 is 0.667 bits per heavy atom. The molecule has 10 nitrogen and oxygen atoms in total. The monoisotopic (exact) mass is 1150 g/mol. The molecule has 8 aliphatic rings. The van der Waals surface area contributed by atoms with Gasteiger partial charge in [-0.25, -0.2) is 9.44 Å². The van der Waals surface area contributed by atoms with Crippen LogP contribution in [0.2, 0.25) is 0 Å². The maximum absolute atomic E-state index is 13.2. The van der Waals surface area contributed by atoms with Crippen molar-refractivity contribution in [1.82, 2.24) is 0 Å². The van der Waals surface area contributed by atoms with Gasteiger partial charge in [0.2, 0.25) is 0 Å². The van der Waals surface area contributed by atoms with Crippen molar-refractivity contribution in [1.29, 1.82) is 0 Å². The number of alkyl halides is 6. The van der Waals surface area contributed by atoms with E-state index in [4.69, 9.17) is 9.44 Å². The first-order chi connectivity index (χ1) is 33.3. The summed E-state index contributed by atoms with van der Waals surface area (Å²) in [6.45, 7) is 19.2. The molecule has 0 bridgehead atoms. The summed E-state index contributed by atoms with van der Waals surface area (Å²) in [5.74, 6) is 4.56. The zero-order valence-electron chi connectivity index (χ0n) is 46.9. The Balaban J connectivity index is 0.000000292. The van der Waals surface area contributed by atoms with Crippen molar-refractivity contribution >= 4 is 35.9 Å². The topological polar surface area (TPSA) is 163 Å². The minimum Gasteiger partial charge on any atom is -0.390 e. The number of fused-ring (bicyclic) bond motifs is 10. The van der Waals surface area contributed by atoms with Gasteiger partial charge in [-0.05, 0) is 237 Å². The molecule has 5 N–H and O–H groups in total. The second-order valence-electron chi connectivity index (χ2n) is 26.7. The molecule has 0 aromatic carbocycles. The van der Waals surface area contributed by atoms with Gasteiger partial charge < -0.3 is 15.3 Å². The largest absolute Gasteiger partial charge is 1.00 e. The van der Waals surface area contributed by atoms with E-state index >= 15 is 0 Å². The van der Waals surface area contributed by atoms with Crippen molar-refractivity contribution in [3.63, 3.8) is 0 Å². The molecule has 75 heavy (non-hydrogen) atoms. The summed E-state index contributed by atoms with van der Waals surface area (Å²) in [5, 5.41) is 41.0. The molecule has 8 rings (SSSR count). The second-order valence-corrected chi connectivity index (χ2v) is 28.2. The molecule has 0 heterocycles. The molecule has 0 saturated heterocycles. The molecule has 18 atom stereocenters. The molecule has 0 radical (unpaired) electrons. The first kappa shape index (κ1) is 67.9. The second kappa shape index (κ2) is 24.3. The third kappa shape index (κ3) is 14.1. The summed E-state index contributed by atoms with van der Waals surface area (Å²) < 4.78 is 120. The van der Waals surface area contributed by atoms with Gasteiger partial charge in [-0.2, -0.15) is 48.3 Å².